The zero-order chi connectivity index (χ0) is 8.91. The van der Waals surface area contributed by atoms with E-state index >= 15 is 0 Å². The Hall–Kier alpha value is -0.380. The summed E-state index contributed by atoms with van der Waals surface area (Å²) < 4.78 is 0.857. The molecular formula is C8H19N2O+. The Bertz CT molecular complexity index is 118. The Morgan fingerprint density at radius 3 is 2.36 bits per heavy atom. The van der Waals surface area contributed by atoms with E-state index in [1.807, 2.05) is 6.08 Å². The van der Waals surface area contributed by atoms with E-state index in [-0.39, 0.29) is 6.10 Å². The molecule has 0 aromatic heterocycles. The molecule has 0 aliphatic rings. The molecule has 0 aromatic carbocycles. The smallest absolute Gasteiger partial charge is 0.131 e. The van der Waals surface area contributed by atoms with Crippen molar-refractivity contribution in [3.8, 4) is 0 Å². The van der Waals surface area contributed by atoms with Crippen molar-refractivity contribution in [1.82, 2.24) is 0 Å². The molecule has 0 amide bonds. The Morgan fingerprint density at radius 1 is 1.55 bits per heavy atom. The fraction of sp³-hybridized carbons (Fsp3) is 0.750. The van der Waals surface area contributed by atoms with E-state index in [4.69, 9.17) is 10.7 Å². The first-order valence-corrected chi connectivity index (χ1v) is 3.76. The van der Waals surface area contributed by atoms with E-state index in [1.54, 1.807) is 0 Å². The predicted octanol–water partition coefficient (Wildman–Crippen LogP) is 0.528. The molecule has 1 atom stereocenters. The van der Waals surface area contributed by atoms with Gasteiger partial charge in [0.25, 0.3) is 0 Å². The number of rotatable bonds is 5. The van der Waals surface area contributed by atoms with Gasteiger partial charge in [0.2, 0.25) is 0 Å². The highest BCUT2D eigenvalue weighted by molar-refractivity contribution is 4.72. The molecule has 11 heavy (non-hydrogen) atoms. The monoisotopic (exact) mass is 159 g/mol. The quantitative estimate of drug-likeness (QED) is 0.361. The zero-order valence-electron chi connectivity index (χ0n) is 7.71. The molecule has 66 valence electrons. The second-order valence-corrected chi connectivity index (χ2v) is 3.76. The minimum atomic E-state index is 0.0903. The molecule has 0 fully saturated rings. The summed E-state index contributed by atoms with van der Waals surface area (Å²) in [4.78, 5) is 4.78. The van der Waals surface area contributed by atoms with Crippen LogP contribution in [0.25, 0.3) is 0 Å². The summed E-state index contributed by atoms with van der Waals surface area (Å²) in [6.45, 7) is 4.54. The lowest BCUT2D eigenvalue weighted by Gasteiger charge is -2.27. The Morgan fingerprint density at radius 2 is 2.09 bits per heavy atom. The second kappa shape index (κ2) is 4.49. The van der Waals surface area contributed by atoms with Gasteiger partial charge in [-0.25, -0.2) is 5.90 Å². The van der Waals surface area contributed by atoms with Crippen molar-refractivity contribution in [2.75, 3.05) is 27.7 Å². The van der Waals surface area contributed by atoms with Crippen LogP contribution in [0.1, 0.15) is 6.42 Å². The molecule has 0 saturated carbocycles. The predicted molar refractivity (Wildman–Crippen MR) is 46.8 cm³/mol. The summed E-state index contributed by atoms with van der Waals surface area (Å²) in [6, 6.07) is 0. The fourth-order valence-electron chi connectivity index (χ4n) is 0.970. The van der Waals surface area contributed by atoms with Gasteiger partial charge in [-0.05, 0) is 6.42 Å². The third kappa shape index (κ3) is 6.04. The lowest BCUT2D eigenvalue weighted by atomic mass is 10.2. The van der Waals surface area contributed by atoms with Gasteiger partial charge in [-0.1, -0.05) is 6.08 Å². The number of likely N-dealkylation sites (N-methyl/N-ethyl adjacent to an activating group) is 1. The molecule has 0 saturated heterocycles. The maximum absolute atomic E-state index is 5.11. The summed E-state index contributed by atoms with van der Waals surface area (Å²) in [6.07, 6.45) is 2.73. The van der Waals surface area contributed by atoms with Crippen molar-refractivity contribution in [2.45, 2.75) is 12.5 Å². The Kier molecular flexibility index (Phi) is 4.33. The average Bonchev–Trinajstić information content (AvgIpc) is 1.84. The SMILES string of the molecule is C=CCC(C[N+](C)(C)C)ON. The first kappa shape index (κ1) is 10.6. The topological polar surface area (TPSA) is 35.2 Å². The van der Waals surface area contributed by atoms with E-state index in [0.29, 0.717) is 0 Å². The van der Waals surface area contributed by atoms with Gasteiger partial charge in [0, 0.05) is 0 Å². The zero-order valence-corrected chi connectivity index (χ0v) is 7.71. The van der Waals surface area contributed by atoms with E-state index in [0.717, 1.165) is 17.4 Å². The molecule has 3 heteroatoms. The molecule has 0 heterocycles. The minimum Gasteiger partial charge on any atom is -0.329 e. The van der Waals surface area contributed by atoms with E-state index in [1.165, 1.54) is 0 Å². The molecule has 2 N–H and O–H groups in total. The van der Waals surface area contributed by atoms with Gasteiger partial charge in [0.15, 0.2) is 0 Å². The first-order valence-electron chi connectivity index (χ1n) is 3.76. The van der Waals surface area contributed by atoms with Crippen LogP contribution in [-0.4, -0.2) is 38.3 Å². The van der Waals surface area contributed by atoms with Crippen LogP contribution < -0.4 is 5.90 Å². The number of quaternary nitrogens is 1. The van der Waals surface area contributed by atoms with Crippen LogP contribution >= 0.6 is 0 Å². The Labute approximate surface area is 69.0 Å². The van der Waals surface area contributed by atoms with Crippen molar-refractivity contribution in [3.05, 3.63) is 12.7 Å². The molecule has 0 aromatic rings. The molecule has 1 unspecified atom stereocenters. The maximum Gasteiger partial charge on any atom is 0.131 e. The third-order valence-corrected chi connectivity index (χ3v) is 1.37. The van der Waals surface area contributed by atoms with Gasteiger partial charge in [0.05, 0.1) is 21.1 Å². The van der Waals surface area contributed by atoms with Gasteiger partial charge in [-0.3, -0.25) is 4.84 Å². The second-order valence-electron chi connectivity index (χ2n) is 3.76. The van der Waals surface area contributed by atoms with Crippen molar-refractivity contribution in [3.63, 3.8) is 0 Å². The van der Waals surface area contributed by atoms with Gasteiger partial charge >= 0.3 is 0 Å². The third-order valence-electron chi connectivity index (χ3n) is 1.37. The minimum absolute atomic E-state index is 0.0903. The van der Waals surface area contributed by atoms with Gasteiger partial charge in [0.1, 0.15) is 12.6 Å². The van der Waals surface area contributed by atoms with Crippen LogP contribution in [-0.2, 0) is 4.84 Å². The van der Waals surface area contributed by atoms with E-state index < -0.39 is 0 Å². The van der Waals surface area contributed by atoms with Crippen LogP contribution in [0.2, 0.25) is 0 Å². The van der Waals surface area contributed by atoms with E-state index in [9.17, 15) is 0 Å². The van der Waals surface area contributed by atoms with Gasteiger partial charge in [-0.15, -0.1) is 6.58 Å². The Balaban J connectivity index is 3.77. The maximum atomic E-state index is 5.11. The van der Waals surface area contributed by atoms with Crippen LogP contribution in [0.4, 0.5) is 0 Å². The summed E-state index contributed by atoms with van der Waals surface area (Å²) in [5.74, 6) is 5.11. The number of hydrogen-bond donors (Lipinski definition) is 1. The van der Waals surface area contributed by atoms with Crippen molar-refractivity contribution >= 4 is 0 Å². The molecular weight excluding hydrogens is 140 g/mol. The highest BCUT2D eigenvalue weighted by Crippen LogP contribution is 2.01. The number of nitrogens with two attached hydrogens (primary N) is 1. The largest absolute Gasteiger partial charge is 0.329 e. The van der Waals surface area contributed by atoms with Crippen molar-refractivity contribution in [2.24, 2.45) is 5.90 Å². The molecule has 0 rings (SSSR count). The molecule has 0 spiro atoms. The normalized spacial score (nSPS) is 14.5. The number of nitrogens with zero attached hydrogens (tertiary/aromatic N) is 1. The first-order chi connectivity index (χ1) is 4.99. The van der Waals surface area contributed by atoms with Crippen LogP contribution in [0.15, 0.2) is 12.7 Å². The van der Waals surface area contributed by atoms with Gasteiger partial charge < -0.3 is 4.48 Å². The lowest BCUT2D eigenvalue weighted by Crippen LogP contribution is -2.43. The number of hydrogen-bond acceptors (Lipinski definition) is 2. The molecule has 0 aliphatic carbocycles. The highest BCUT2D eigenvalue weighted by Gasteiger charge is 2.16. The highest BCUT2D eigenvalue weighted by atomic mass is 16.6. The van der Waals surface area contributed by atoms with Gasteiger partial charge in [-0.2, -0.15) is 0 Å². The van der Waals surface area contributed by atoms with Crippen LogP contribution in [0.3, 0.4) is 0 Å². The molecule has 0 bridgehead atoms. The standard InChI is InChI=1S/C8H19N2O/c1-5-6-8(11-9)7-10(2,3)4/h5,8H,1,6-7,9H2,2-4H3/q+1. The summed E-state index contributed by atoms with van der Waals surface area (Å²) >= 11 is 0. The lowest BCUT2D eigenvalue weighted by molar-refractivity contribution is -0.873. The molecule has 0 aliphatic heterocycles. The molecule has 3 nitrogen and oxygen atoms in total. The summed E-state index contributed by atoms with van der Waals surface area (Å²) in [5.41, 5.74) is 0. The van der Waals surface area contributed by atoms with Crippen LogP contribution in [0.5, 0.6) is 0 Å². The van der Waals surface area contributed by atoms with Crippen molar-refractivity contribution < 1.29 is 9.32 Å². The van der Waals surface area contributed by atoms with Crippen molar-refractivity contribution in [1.29, 1.82) is 0 Å². The summed E-state index contributed by atoms with van der Waals surface area (Å²) in [7, 11) is 6.32. The fourth-order valence-corrected chi connectivity index (χ4v) is 0.970. The van der Waals surface area contributed by atoms with Crippen LogP contribution in [0, 0.1) is 0 Å². The average molecular weight is 159 g/mol. The summed E-state index contributed by atoms with van der Waals surface area (Å²) in [5, 5.41) is 0. The van der Waals surface area contributed by atoms with E-state index in [2.05, 4.69) is 27.7 Å². The molecule has 0 radical (unpaired) electrons.